The second kappa shape index (κ2) is 4.30. The van der Waals surface area contributed by atoms with Crippen molar-refractivity contribution in [3.05, 3.63) is 71.5 Å². The maximum atomic E-state index is 12.9. The zero-order valence-electron chi connectivity index (χ0n) is 9.34. The molecular formula is C15H13FO. The molecule has 1 aliphatic heterocycles. The van der Waals surface area contributed by atoms with E-state index in [9.17, 15) is 4.39 Å². The van der Waals surface area contributed by atoms with Crippen molar-refractivity contribution in [2.75, 3.05) is 6.61 Å². The number of epoxide rings is 1. The maximum Gasteiger partial charge on any atom is 0.123 e. The SMILES string of the molecule is Fc1ccc([C@@H](c2ccccc2)[C@@H]2CO2)cc1. The van der Waals surface area contributed by atoms with Gasteiger partial charge in [-0.3, -0.25) is 0 Å². The summed E-state index contributed by atoms with van der Waals surface area (Å²) in [6.45, 7) is 0.789. The Hall–Kier alpha value is -1.67. The number of benzene rings is 2. The molecular weight excluding hydrogens is 215 g/mol. The van der Waals surface area contributed by atoms with Crippen LogP contribution in [0.1, 0.15) is 17.0 Å². The van der Waals surface area contributed by atoms with Gasteiger partial charge in [-0.2, -0.15) is 0 Å². The molecule has 0 N–H and O–H groups in total. The van der Waals surface area contributed by atoms with E-state index < -0.39 is 0 Å². The predicted octanol–water partition coefficient (Wildman–Crippen LogP) is 3.36. The van der Waals surface area contributed by atoms with Gasteiger partial charge in [0.25, 0.3) is 0 Å². The van der Waals surface area contributed by atoms with E-state index in [-0.39, 0.29) is 17.8 Å². The molecule has 17 heavy (non-hydrogen) atoms. The minimum absolute atomic E-state index is 0.197. The molecule has 0 unspecified atom stereocenters. The highest BCUT2D eigenvalue weighted by Gasteiger charge is 2.34. The lowest BCUT2D eigenvalue weighted by molar-refractivity contribution is 0.389. The highest BCUT2D eigenvalue weighted by atomic mass is 19.1. The van der Waals surface area contributed by atoms with Crippen LogP contribution in [0.25, 0.3) is 0 Å². The zero-order valence-corrected chi connectivity index (χ0v) is 9.34. The predicted molar refractivity (Wildman–Crippen MR) is 64.4 cm³/mol. The second-order valence-electron chi connectivity index (χ2n) is 4.31. The summed E-state index contributed by atoms with van der Waals surface area (Å²) < 4.78 is 18.4. The largest absolute Gasteiger partial charge is 0.372 e. The van der Waals surface area contributed by atoms with E-state index in [1.54, 1.807) is 0 Å². The summed E-state index contributed by atoms with van der Waals surface area (Å²) in [5.74, 6) is 0.0223. The standard InChI is InChI=1S/C15H13FO/c16-13-8-6-12(7-9-13)15(14-10-17-14)11-4-2-1-3-5-11/h1-9,14-15H,10H2/t14-,15+/m0/s1. The third kappa shape index (κ3) is 2.22. The van der Waals surface area contributed by atoms with Gasteiger partial charge in [-0.05, 0) is 23.3 Å². The van der Waals surface area contributed by atoms with Crippen molar-refractivity contribution in [2.45, 2.75) is 12.0 Å². The minimum atomic E-state index is -0.197. The highest BCUT2D eigenvalue weighted by Crippen LogP contribution is 2.35. The van der Waals surface area contributed by atoms with E-state index in [1.807, 2.05) is 30.3 Å². The molecule has 0 saturated carbocycles. The molecule has 1 saturated heterocycles. The minimum Gasteiger partial charge on any atom is -0.372 e. The van der Waals surface area contributed by atoms with Gasteiger partial charge in [0.15, 0.2) is 0 Å². The van der Waals surface area contributed by atoms with Crippen LogP contribution < -0.4 is 0 Å². The van der Waals surface area contributed by atoms with Gasteiger partial charge in [0.1, 0.15) is 5.82 Å². The molecule has 0 aliphatic carbocycles. The van der Waals surface area contributed by atoms with Gasteiger partial charge in [0.05, 0.1) is 12.7 Å². The van der Waals surface area contributed by atoms with Crippen molar-refractivity contribution in [2.24, 2.45) is 0 Å². The Morgan fingerprint density at radius 1 is 0.941 bits per heavy atom. The topological polar surface area (TPSA) is 12.5 Å². The zero-order chi connectivity index (χ0) is 11.7. The summed E-state index contributed by atoms with van der Waals surface area (Å²) in [5, 5.41) is 0. The lowest BCUT2D eigenvalue weighted by atomic mass is 9.89. The van der Waals surface area contributed by atoms with Gasteiger partial charge in [-0.1, -0.05) is 42.5 Å². The van der Waals surface area contributed by atoms with Crippen LogP contribution in [-0.4, -0.2) is 12.7 Å². The van der Waals surface area contributed by atoms with Crippen molar-refractivity contribution >= 4 is 0 Å². The average molecular weight is 228 g/mol. The fraction of sp³-hybridized carbons (Fsp3) is 0.200. The molecule has 2 aromatic carbocycles. The summed E-state index contributed by atoms with van der Waals surface area (Å²) in [5.41, 5.74) is 2.33. The van der Waals surface area contributed by atoms with E-state index in [1.165, 1.54) is 17.7 Å². The van der Waals surface area contributed by atoms with E-state index in [0.717, 1.165) is 12.2 Å². The smallest absolute Gasteiger partial charge is 0.123 e. The van der Waals surface area contributed by atoms with Crippen molar-refractivity contribution in [3.8, 4) is 0 Å². The average Bonchev–Trinajstić information content (AvgIpc) is 3.18. The van der Waals surface area contributed by atoms with Crippen LogP contribution in [0, 0.1) is 5.82 Å². The van der Waals surface area contributed by atoms with Gasteiger partial charge in [0.2, 0.25) is 0 Å². The van der Waals surface area contributed by atoms with Crippen LogP contribution in [0.4, 0.5) is 4.39 Å². The van der Waals surface area contributed by atoms with Gasteiger partial charge in [-0.25, -0.2) is 4.39 Å². The summed E-state index contributed by atoms with van der Waals surface area (Å²) >= 11 is 0. The molecule has 86 valence electrons. The quantitative estimate of drug-likeness (QED) is 0.734. The summed E-state index contributed by atoms with van der Waals surface area (Å²) in [4.78, 5) is 0. The van der Waals surface area contributed by atoms with E-state index >= 15 is 0 Å². The Balaban J connectivity index is 1.98. The number of halogens is 1. The third-order valence-electron chi connectivity index (χ3n) is 3.12. The molecule has 0 aromatic heterocycles. The second-order valence-corrected chi connectivity index (χ2v) is 4.31. The van der Waals surface area contributed by atoms with Crippen LogP contribution in [0.15, 0.2) is 54.6 Å². The maximum absolute atomic E-state index is 12.9. The molecule has 3 rings (SSSR count). The number of hydrogen-bond acceptors (Lipinski definition) is 1. The Kier molecular flexibility index (Phi) is 2.65. The van der Waals surface area contributed by atoms with Crippen LogP contribution in [0.3, 0.4) is 0 Å². The summed E-state index contributed by atoms with van der Waals surface area (Å²) in [6.07, 6.45) is 0.239. The highest BCUT2D eigenvalue weighted by molar-refractivity contribution is 5.35. The monoisotopic (exact) mass is 228 g/mol. The molecule has 0 spiro atoms. The van der Waals surface area contributed by atoms with Crippen molar-refractivity contribution in [3.63, 3.8) is 0 Å². The normalized spacial score (nSPS) is 19.9. The molecule has 2 aromatic rings. The molecule has 1 heterocycles. The first-order chi connectivity index (χ1) is 8.34. The Bertz CT molecular complexity index is 488. The van der Waals surface area contributed by atoms with Gasteiger partial charge in [0, 0.05) is 5.92 Å². The first kappa shape index (κ1) is 10.5. The van der Waals surface area contributed by atoms with Crippen LogP contribution in [0.2, 0.25) is 0 Å². The molecule has 1 nitrogen and oxygen atoms in total. The first-order valence-corrected chi connectivity index (χ1v) is 5.76. The molecule has 0 radical (unpaired) electrons. The Morgan fingerprint density at radius 3 is 2.12 bits per heavy atom. The fourth-order valence-corrected chi connectivity index (χ4v) is 2.20. The van der Waals surface area contributed by atoms with Gasteiger partial charge in [-0.15, -0.1) is 0 Å². The molecule has 2 heteroatoms. The number of rotatable bonds is 3. The van der Waals surface area contributed by atoms with Gasteiger partial charge < -0.3 is 4.74 Å². The van der Waals surface area contributed by atoms with Gasteiger partial charge >= 0.3 is 0 Å². The third-order valence-corrected chi connectivity index (χ3v) is 3.12. The van der Waals surface area contributed by atoms with Crippen molar-refractivity contribution in [1.29, 1.82) is 0 Å². The van der Waals surface area contributed by atoms with Crippen LogP contribution in [-0.2, 0) is 4.74 Å². The molecule has 0 amide bonds. The van der Waals surface area contributed by atoms with E-state index in [4.69, 9.17) is 4.74 Å². The first-order valence-electron chi connectivity index (χ1n) is 5.76. The van der Waals surface area contributed by atoms with Crippen LogP contribution >= 0.6 is 0 Å². The number of hydrogen-bond donors (Lipinski definition) is 0. The molecule has 2 atom stereocenters. The fourth-order valence-electron chi connectivity index (χ4n) is 2.20. The molecule has 1 fully saturated rings. The summed E-state index contributed by atoms with van der Waals surface area (Å²) in [6, 6.07) is 16.9. The number of ether oxygens (including phenoxy) is 1. The van der Waals surface area contributed by atoms with E-state index in [2.05, 4.69) is 12.1 Å². The molecule has 0 bridgehead atoms. The summed E-state index contributed by atoms with van der Waals surface area (Å²) in [7, 11) is 0. The van der Waals surface area contributed by atoms with E-state index in [0.29, 0.717) is 0 Å². The Labute approximate surface area is 99.9 Å². The lowest BCUT2D eigenvalue weighted by Crippen LogP contribution is -2.08. The van der Waals surface area contributed by atoms with Crippen LogP contribution in [0.5, 0.6) is 0 Å². The van der Waals surface area contributed by atoms with Crippen molar-refractivity contribution < 1.29 is 9.13 Å². The lowest BCUT2D eigenvalue weighted by Gasteiger charge is -2.15. The van der Waals surface area contributed by atoms with Crippen molar-refractivity contribution in [1.82, 2.24) is 0 Å². The Morgan fingerprint density at radius 2 is 1.53 bits per heavy atom. The molecule has 1 aliphatic rings.